The van der Waals surface area contributed by atoms with Crippen molar-refractivity contribution in [3.05, 3.63) is 60.2 Å². The second-order valence-electron chi connectivity index (χ2n) is 6.07. The molecule has 1 saturated heterocycles. The Morgan fingerprint density at radius 2 is 2.08 bits per heavy atom. The number of benzene rings is 1. The van der Waals surface area contributed by atoms with Gasteiger partial charge in [0.25, 0.3) is 5.91 Å². The smallest absolute Gasteiger partial charge is 0.255 e. The third-order valence-corrected chi connectivity index (χ3v) is 4.46. The summed E-state index contributed by atoms with van der Waals surface area (Å²) in [7, 11) is 1.79. The molecule has 2 aromatic heterocycles. The van der Waals surface area contributed by atoms with Crippen LogP contribution in [0.4, 0.5) is 5.82 Å². The maximum absolute atomic E-state index is 13.0. The molecule has 7 nitrogen and oxygen atoms in total. The molecular formula is C19H19N5O2. The van der Waals surface area contributed by atoms with Crippen molar-refractivity contribution in [2.24, 2.45) is 0 Å². The van der Waals surface area contributed by atoms with E-state index >= 15 is 0 Å². The standard InChI is InChI=1S/C19H19N5O2/c1-20-18-17(21-6-7-22-18)16-12-24(8-9-26-16)19(25)14-10-13-4-2-3-5-15(13)23-11-14/h2-7,10-11,16H,8-9,12H2,1H3,(H,20,22)/t16-/m0/s1. The Morgan fingerprint density at radius 3 is 2.96 bits per heavy atom. The highest BCUT2D eigenvalue weighted by molar-refractivity contribution is 5.97. The van der Waals surface area contributed by atoms with Crippen LogP contribution in [0.25, 0.3) is 10.9 Å². The largest absolute Gasteiger partial charge is 0.372 e. The highest BCUT2D eigenvalue weighted by Gasteiger charge is 2.29. The number of carbonyl (C=O) groups excluding carboxylic acids is 1. The monoisotopic (exact) mass is 349 g/mol. The first-order valence-corrected chi connectivity index (χ1v) is 8.50. The Labute approximate surface area is 151 Å². The predicted octanol–water partition coefficient (Wildman–Crippen LogP) is 2.28. The van der Waals surface area contributed by atoms with Crippen molar-refractivity contribution in [1.82, 2.24) is 19.9 Å². The van der Waals surface area contributed by atoms with Crippen molar-refractivity contribution in [3.63, 3.8) is 0 Å². The highest BCUT2D eigenvalue weighted by atomic mass is 16.5. The summed E-state index contributed by atoms with van der Waals surface area (Å²) < 4.78 is 5.84. The number of fused-ring (bicyclic) bond motifs is 1. The highest BCUT2D eigenvalue weighted by Crippen LogP contribution is 2.26. The van der Waals surface area contributed by atoms with E-state index < -0.39 is 0 Å². The first-order chi connectivity index (χ1) is 12.8. The molecule has 1 fully saturated rings. The summed E-state index contributed by atoms with van der Waals surface area (Å²) >= 11 is 0. The molecular weight excluding hydrogens is 330 g/mol. The molecule has 4 rings (SSSR count). The van der Waals surface area contributed by atoms with Crippen molar-refractivity contribution in [2.45, 2.75) is 6.10 Å². The van der Waals surface area contributed by atoms with Crippen LogP contribution in [-0.2, 0) is 4.74 Å². The number of nitrogens with zero attached hydrogens (tertiary/aromatic N) is 4. The maximum Gasteiger partial charge on any atom is 0.255 e. The van der Waals surface area contributed by atoms with Crippen molar-refractivity contribution in [3.8, 4) is 0 Å². The van der Waals surface area contributed by atoms with Gasteiger partial charge < -0.3 is 15.0 Å². The van der Waals surface area contributed by atoms with E-state index in [0.29, 0.717) is 36.8 Å². The van der Waals surface area contributed by atoms with Gasteiger partial charge in [-0.1, -0.05) is 18.2 Å². The summed E-state index contributed by atoms with van der Waals surface area (Å²) in [5, 5.41) is 3.97. The van der Waals surface area contributed by atoms with E-state index in [9.17, 15) is 4.79 Å². The Kier molecular flexibility index (Phi) is 4.45. The lowest BCUT2D eigenvalue weighted by atomic mass is 10.1. The summed E-state index contributed by atoms with van der Waals surface area (Å²) in [5.74, 6) is 0.616. The molecule has 1 N–H and O–H groups in total. The zero-order valence-corrected chi connectivity index (χ0v) is 14.4. The van der Waals surface area contributed by atoms with E-state index in [1.807, 2.05) is 30.3 Å². The quantitative estimate of drug-likeness (QED) is 0.781. The minimum absolute atomic E-state index is 0.0496. The number of nitrogens with one attached hydrogen (secondary N) is 1. The number of pyridine rings is 1. The van der Waals surface area contributed by atoms with Gasteiger partial charge in [0.05, 0.1) is 24.2 Å². The molecule has 1 aliphatic rings. The summed E-state index contributed by atoms with van der Waals surface area (Å²) in [6.07, 6.45) is 4.59. The Morgan fingerprint density at radius 1 is 1.23 bits per heavy atom. The Bertz CT molecular complexity index is 946. The minimum atomic E-state index is -0.308. The lowest BCUT2D eigenvalue weighted by Gasteiger charge is -2.33. The molecule has 1 aromatic carbocycles. The van der Waals surface area contributed by atoms with Crippen LogP contribution in [0.3, 0.4) is 0 Å². The molecule has 1 amide bonds. The molecule has 3 aromatic rings. The summed E-state index contributed by atoms with van der Waals surface area (Å²) in [6.45, 7) is 1.42. The topological polar surface area (TPSA) is 80.2 Å². The molecule has 0 saturated carbocycles. The van der Waals surface area contributed by atoms with Gasteiger partial charge in [-0.3, -0.25) is 14.8 Å². The van der Waals surface area contributed by atoms with Crippen LogP contribution < -0.4 is 5.32 Å². The molecule has 1 atom stereocenters. The second kappa shape index (κ2) is 7.05. The van der Waals surface area contributed by atoms with Gasteiger partial charge in [0.2, 0.25) is 0 Å². The lowest BCUT2D eigenvalue weighted by molar-refractivity contribution is -0.0245. The normalized spacial score (nSPS) is 17.3. The number of morpholine rings is 1. The fourth-order valence-corrected chi connectivity index (χ4v) is 3.15. The van der Waals surface area contributed by atoms with Gasteiger partial charge >= 0.3 is 0 Å². The van der Waals surface area contributed by atoms with E-state index in [4.69, 9.17) is 4.74 Å². The molecule has 7 heteroatoms. The SMILES string of the molecule is CNc1nccnc1[C@@H]1CN(C(=O)c2cnc3ccccc3c2)CCO1. The average molecular weight is 349 g/mol. The first-order valence-electron chi connectivity index (χ1n) is 8.50. The molecule has 0 radical (unpaired) electrons. The Balaban J connectivity index is 1.57. The Hall–Kier alpha value is -3.06. The number of rotatable bonds is 3. The van der Waals surface area contributed by atoms with E-state index in [1.165, 1.54) is 0 Å². The molecule has 0 spiro atoms. The van der Waals surface area contributed by atoms with Crippen LogP contribution in [0.15, 0.2) is 48.9 Å². The van der Waals surface area contributed by atoms with E-state index in [2.05, 4.69) is 20.3 Å². The maximum atomic E-state index is 13.0. The van der Waals surface area contributed by atoms with Crippen molar-refractivity contribution in [2.75, 3.05) is 32.1 Å². The fourth-order valence-electron chi connectivity index (χ4n) is 3.15. The molecule has 3 heterocycles. The zero-order valence-electron chi connectivity index (χ0n) is 14.4. The molecule has 132 valence electrons. The minimum Gasteiger partial charge on any atom is -0.372 e. The second-order valence-corrected chi connectivity index (χ2v) is 6.07. The number of ether oxygens (including phenoxy) is 1. The first kappa shape index (κ1) is 16.4. The van der Waals surface area contributed by atoms with Gasteiger partial charge in [-0.15, -0.1) is 0 Å². The van der Waals surface area contributed by atoms with Gasteiger partial charge in [-0.2, -0.15) is 0 Å². The molecule has 26 heavy (non-hydrogen) atoms. The number of amides is 1. The summed E-state index contributed by atoms with van der Waals surface area (Å²) in [6, 6.07) is 9.65. The zero-order chi connectivity index (χ0) is 17.9. The van der Waals surface area contributed by atoms with Crippen LogP contribution in [0, 0.1) is 0 Å². The number of aromatic nitrogens is 3. The predicted molar refractivity (Wildman–Crippen MR) is 97.9 cm³/mol. The van der Waals surface area contributed by atoms with E-state index in [-0.39, 0.29) is 12.0 Å². The van der Waals surface area contributed by atoms with E-state index in [0.717, 1.165) is 10.9 Å². The van der Waals surface area contributed by atoms with Crippen molar-refractivity contribution < 1.29 is 9.53 Å². The summed E-state index contributed by atoms with van der Waals surface area (Å²) in [4.78, 5) is 27.8. The number of hydrogen-bond acceptors (Lipinski definition) is 6. The van der Waals surface area contributed by atoms with Gasteiger partial charge in [0.15, 0.2) is 0 Å². The number of para-hydroxylation sites is 1. The molecule has 0 unspecified atom stereocenters. The van der Waals surface area contributed by atoms with Crippen LogP contribution in [0.1, 0.15) is 22.2 Å². The van der Waals surface area contributed by atoms with Crippen molar-refractivity contribution >= 4 is 22.6 Å². The number of hydrogen-bond donors (Lipinski definition) is 1. The molecule has 0 bridgehead atoms. The third-order valence-electron chi connectivity index (χ3n) is 4.46. The molecule has 1 aliphatic heterocycles. The van der Waals surface area contributed by atoms with Crippen LogP contribution >= 0.6 is 0 Å². The molecule has 0 aliphatic carbocycles. The number of anilines is 1. The summed E-state index contributed by atoms with van der Waals surface area (Å²) in [5.41, 5.74) is 2.17. The van der Waals surface area contributed by atoms with Gasteiger partial charge in [-0.05, 0) is 12.1 Å². The van der Waals surface area contributed by atoms with Gasteiger partial charge in [0.1, 0.15) is 17.6 Å². The number of carbonyl (C=O) groups is 1. The van der Waals surface area contributed by atoms with E-state index in [1.54, 1.807) is 30.5 Å². The van der Waals surface area contributed by atoms with Crippen LogP contribution in [0.5, 0.6) is 0 Å². The van der Waals surface area contributed by atoms with Gasteiger partial charge in [0, 0.05) is 37.6 Å². The lowest BCUT2D eigenvalue weighted by Crippen LogP contribution is -2.42. The van der Waals surface area contributed by atoms with Gasteiger partial charge in [-0.25, -0.2) is 4.98 Å². The van der Waals surface area contributed by atoms with Crippen molar-refractivity contribution in [1.29, 1.82) is 0 Å². The fraction of sp³-hybridized carbons (Fsp3) is 0.263. The van der Waals surface area contributed by atoms with Crippen LogP contribution in [0.2, 0.25) is 0 Å². The third kappa shape index (κ3) is 3.09. The van der Waals surface area contributed by atoms with Crippen LogP contribution in [-0.4, -0.2) is 52.5 Å². The average Bonchev–Trinajstić information content (AvgIpc) is 2.73.